The summed E-state index contributed by atoms with van der Waals surface area (Å²) in [6.45, 7) is 5.94. The highest BCUT2D eigenvalue weighted by Crippen LogP contribution is 2.15. The predicted molar refractivity (Wildman–Crippen MR) is 105 cm³/mol. The quantitative estimate of drug-likeness (QED) is 0.705. The van der Waals surface area contributed by atoms with Crippen molar-refractivity contribution in [3.63, 3.8) is 0 Å². The van der Waals surface area contributed by atoms with E-state index in [9.17, 15) is 9.59 Å². The Hall–Kier alpha value is -2.34. The summed E-state index contributed by atoms with van der Waals surface area (Å²) in [5.74, 6) is -0.265. The Labute approximate surface area is 156 Å². The summed E-state index contributed by atoms with van der Waals surface area (Å²) < 4.78 is 0.905. The highest BCUT2D eigenvalue weighted by molar-refractivity contribution is 9.10. The first-order valence-corrected chi connectivity index (χ1v) is 8.74. The third-order valence-corrected chi connectivity index (χ3v) is 3.69. The number of carbonyl (C=O) groups excluding carboxylic acids is 2. The first-order valence-electron chi connectivity index (χ1n) is 7.95. The number of hydrogen-bond acceptors (Lipinski definition) is 3. The molecule has 0 unspecified atom stereocenters. The van der Waals surface area contributed by atoms with Crippen LogP contribution in [0.5, 0.6) is 0 Å². The van der Waals surface area contributed by atoms with Gasteiger partial charge in [-0.15, -0.1) is 0 Å². The van der Waals surface area contributed by atoms with Crippen molar-refractivity contribution in [1.29, 1.82) is 0 Å². The lowest BCUT2D eigenvalue weighted by Gasteiger charge is -2.20. The minimum Gasteiger partial charge on any atom is -0.376 e. The molecular weight excluding hydrogens is 382 g/mol. The Morgan fingerprint density at radius 1 is 1.00 bits per heavy atom. The topological polar surface area (TPSA) is 70.2 Å². The molecule has 0 aliphatic rings. The molecule has 2 aromatic carbocycles. The molecule has 2 aromatic rings. The maximum absolute atomic E-state index is 12.1. The van der Waals surface area contributed by atoms with E-state index in [0.717, 1.165) is 15.8 Å². The van der Waals surface area contributed by atoms with Crippen molar-refractivity contribution in [1.82, 2.24) is 5.32 Å². The molecule has 6 heteroatoms. The van der Waals surface area contributed by atoms with Crippen LogP contribution < -0.4 is 16.0 Å². The zero-order chi connectivity index (χ0) is 18.4. The van der Waals surface area contributed by atoms with Crippen LogP contribution in [0.2, 0.25) is 0 Å². The third kappa shape index (κ3) is 6.58. The van der Waals surface area contributed by atoms with Gasteiger partial charge in [0.15, 0.2) is 0 Å². The van der Waals surface area contributed by atoms with Crippen LogP contribution in [0.15, 0.2) is 53.0 Å². The molecule has 0 radical (unpaired) electrons. The molecule has 25 heavy (non-hydrogen) atoms. The second-order valence-electron chi connectivity index (χ2n) is 6.69. The molecule has 0 aliphatic heterocycles. The zero-order valence-corrected chi connectivity index (χ0v) is 16.1. The minimum absolute atomic E-state index is 0.119. The van der Waals surface area contributed by atoms with Gasteiger partial charge < -0.3 is 16.0 Å². The molecule has 5 nitrogen and oxygen atoms in total. The van der Waals surface area contributed by atoms with E-state index >= 15 is 0 Å². The van der Waals surface area contributed by atoms with E-state index in [1.807, 2.05) is 45.0 Å². The molecule has 3 N–H and O–H groups in total. The maximum atomic E-state index is 12.1. The van der Waals surface area contributed by atoms with Gasteiger partial charge in [0.05, 0.1) is 6.54 Å². The number of benzene rings is 2. The first kappa shape index (κ1) is 19.0. The van der Waals surface area contributed by atoms with E-state index in [2.05, 4.69) is 31.9 Å². The summed E-state index contributed by atoms with van der Waals surface area (Å²) in [5, 5.41) is 8.76. The molecule has 132 valence electrons. The smallest absolute Gasteiger partial charge is 0.251 e. The van der Waals surface area contributed by atoms with E-state index in [4.69, 9.17) is 0 Å². The highest BCUT2D eigenvalue weighted by Gasteiger charge is 2.15. The van der Waals surface area contributed by atoms with Crippen molar-refractivity contribution in [3.05, 3.63) is 58.6 Å². The first-order chi connectivity index (χ1) is 11.7. The normalized spacial score (nSPS) is 10.9. The number of anilines is 2. The molecule has 0 saturated heterocycles. The largest absolute Gasteiger partial charge is 0.376 e. The molecule has 0 aliphatic carbocycles. The minimum atomic E-state index is -0.279. The molecule has 0 atom stereocenters. The maximum Gasteiger partial charge on any atom is 0.251 e. The van der Waals surface area contributed by atoms with Gasteiger partial charge in [-0.3, -0.25) is 9.59 Å². The fourth-order valence-corrected chi connectivity index (χ4v) is 2.51. The summed E-state index contributed by atoms with van der Waals surface area (Å²) in [4.78, 5) is 24.0. The van der Waals surface area contributed by atoms with Crippen molar-refractivity contribution < 1.29 is 9.59 Å². The van der Waals surface area contributed by atoms with E-state index < -0.39 is 0 Å². The van der Waals surface area contributed by atoms with Gasteiger partial charge in [0.2, 0.25) is 5.91 Å². The average Bonchev–Trinajstić information content (AvgIpc) is 2.52. The molecule has 0 saturated carbocycles. The van der Waals surface area contributed by atoms with Gasteiger partial charge in [-0.25, -0.2) is 0 Å². The molecule has 0 fully saturated rings. The predicted octanol–water partition coefficient (Wildman–Crippen LogP) is 4.03. The second-order valence-corrected chi connectivity index (χ2v) is 7.61. The number of carbonyl (C=O) groups is 2. The Morgan fingerprint density at radius 3 is 2.28 bits per heavy atom. The van der Waals surface area contributed by atoms with Crippen molar-refractivity contribution in [3.8, 4) is 0 Å². The molecule has 0 heterocycles. The van der Waals surface area contributed by atoms with Crippen LogP contribution in [0.25, 0.3) is 0 Å². The van der Waals surface area contributed by atoms with Gasteiger partial charge in [-0.2, -0.15) is 0 Å². The van der Waals surface area contributed by atoms with Gasteiger partial charge in [0.1, 0.15) is 0 Å². The number of nitrogens with one attached hydrogen (secondary N) is 3. The van der Waals surface area contributed by atoms with Crippen molar-refractivity contribution in [2.24, 2.45) is 0 Å². The standard InChI is InChI=1S/C19H22BrN3O2/c1-19(2,3)23-18(25)13-7-9-15(10-8-13)21-12-17(24)22-16-6-4-5-14(20)11-16/h4-11,21H,12H2,1-3H3,(H,22,24)(H,23,25). The molecule has 2 amide bonds. The van der Waals surface area contributed by atoms with Crippen LogP contribution in [-0.4, -0.2) is 23.9 Å². The van der Waals surface area contributed by atoms with Crippen molar-refractivity contribution >= 4 is 39.1 Å². The number of halogens is 1. The van der Waals surface area contributed by atoms with Crippen LogP contribution >= 0.6 is 15.9 Å². The van der Waals surface area contributed by atoms with E-state index in [1.165, 1.54) is 0 Å². The molecular formula is C19H22BrN3O2. The second kappa shape index (κ2) is 8.16. The fraction of sp³-hybridized carbons (Fsp3) is 0.263. The summed E-state index contributed by atoms with van der Waals surface area (Å²) >= 11 is 3.36. The van der Waals surface area contributed by atoms with Crippen LogP contribution in [0.1, 0.15) is 31.1 Å². The van der Waals surface area contributed by atoms with Gasteiger partial charge >= 0.3 is 0 Å². The van der Waals surface area contributed by atoms with Crippen molar-refractivity contribution in [2.45, 2.75) is 26.3 Å². The Morgan fingerprint density at radius 2 is 1.68 bits per heavy atom. The summed E-state index contributed by atoms with van der Waals surface area (Å²) in [7, 11) is 0. The summed E-state index contributed by atoms with van der Waals surface area (Å²) in [6.07, 6.45) is 0. The van der Waals surface area contributed by atoms with Crippen LogP contribution in [0.3, 0.4) is 0 Å². The van der Waals surface area contributed by atoms with E-state index in [1.54, 1.807) is 24.3 Å². The fourth-order valence-electron chi connectivity index (χ4n) is 2.11. The third-order valence-electron chi connectivity index (χ3n) is 3.20. The number of hydrogen-bond donors (Lipinski definition) is 3. The van der Waals surface area contributed by atoms with Crippen molar-refractivity contribution in [2.75, 3.05) is 17.2 Å². The lowest BCUT2D eigenvalue weighted by molar-refractivity contribution is -0.114. The van der Waals surface area contributed by atoms with Crippen LogP contribution in [0, 0.1) is 0 Å². The Kier molecular flexibility index (Phi) is 6.20. The molecule has 0 aromatic heterocycles. The van der Waals surface area contributed by atoms with Gasteiger partial charge in [0, 0.05) is 26.9 Å². The lowest BCUT2D eigenvalue weighted by atomic mass is 10.1. The SMILES string of the molecule is CC(C)(C)NC(=O)c1ccc(NCC(=O)Nc2cccc(Br)c2)cc1. The van der Waals surface area contributed by atoms with E-state index in [0.29, 0.717) is 5.56 Å². The molecule has 0 bridgehead atoms. The summed E-state index contributed by atoms with van der Waals surface area (Å²) in [5.41, 5.74) is 1.81. The molecule has 2 rings (SSSR count). The highest BCUT2D eigenvalue weighted by atomic mass is 79.9. The average molecular weight is 404 g/mol. The van der Waals surface area contributed by atoms with Gasteiger partial charge in [0.25, 0.3) is 5.91 Å². The number of amides is 2. The van der Waals surface area contributed by atoms with E-state index in [-0.39, 0.29) is 23.9 Å². The summed E-state index contributed by atoms with van der Waals surface area (Å²) in [6, 6.07) is 14.4. The van der Waals surface area contributed by atoms with Gasteiger partial charge in [-0.05, 0) is 63.2 Å². The molecule has 0 spiro atoms. The van der Waals surface area contributed by atoms with Crippen LogP contribution in [0.4, 0.5) is 11.4 Å². The van der Waals surface area contributed by atoms with Crippen LogP contribution in [-0.2, 0) is 4.79 Å². The monoisotopic (exact) mass is 403 g/mol. The Balaban J connectivity index is 1.87. The Bertz CT molecular complexity index is 752. The zero-order valence-electron chi connectivity index (χ0n) is 14.5. The van der Waals surface area contributed by atoms with Gasteiger partial charge in [-0.1, -0.05) is 22.0 Å². The number of rotatable bonds is 5. The lowest BCUT2D eigenvalue weighted by Crippen LogP contribution is -2.40.